The van der Waals surface area contributed by atoms with Crippen molar-refractivity contribution in [3.05, 3.63) is 68.8 Å². The largest absolute Gasteiger partial charge is 0.309 e. The highest BCUT2D eigenvalue weighted by atomic mass is 127. The van der Waals surface area contributed by atoms with E-state index in [0.717, 1.165) is 9.13 Å². The zero-order chi connectivity index (χ0) is 13.1. The molecular formula is C14H12F2IN. The number of nitrogens with one attached hydrogen (secondary N) is 1. The normalized spacial score (nSPS) is 12.4. The lowest BCUT2D eigenvalue weighted by Crippen LogP contribution is -2.20. The van der Waals surface area contributed by atoms with Gasteiger partial charge in [0.25, 0.3) is 0 Å². The van der Waals surface area contributed by atoms with E-state index < -0.39 is 0 Å². The SMILES string of the molecule is CNC(c1ccccc1F)c1ccc(F)cc1I. The quantitative estimate of drug-likeness (QED) is 0.821. The summed E-state index contributed by atoms with van der Waals surface area (Å²) in [6, 6.07) is 10.8. The lowest BCUT2D eigenvalue weighted by Gasteiger charge is -2.19. The highest BCUT2D eigenvalue weighted by Crippen LogP contribution is 2.28. The maximum Gasteiger partial charge on any atom is 0.128 e. The van der Waals surface area contributed by atoms with Crippen molar-refractivity contribution in [3.8, 4) is 0 Å². The lowest BCUT2D eigenvalue weighted by molar-refractivity contribution is 0.573. The highest BCUT2D eigenvalue weighted by Gasteiger charge is 2.18. The predicted molar refractivity (Wildman–Crippen MR) is 76.4 cm³/mol. The maximum absolute atomic E-state index is 13.8. The third-order valence-corrected chi connectivity index (χ3v) is 3.71. The summed E-state index contributed by atoms with van der Waals surface area (Å²) in [5, 5.41) is 3.07. The van der Waals surface area contributed by atoms with E-state index in [-0.39, 0.29) is 17.7 Å². The molecule has 0 amide bonds. The molecule has 0 aliphatic carbocycles. The van der Waals surface area contributed by atoms with E-state index in [0.29, 0.717) is 5.56 Å². The standard InChI is InChI=1S/C14H12F2IN/c1-18-14(10-4-2-3-5-12(10)16)11-7-6-9(15)8-13(11)17/h2-8,14,18H,1H3. The minimum Gasteiger partial charge on any atom is -0.309 e. The number of hydrogen-bond donors (Lipinski definition) is 1. The van der Waals surface area contributed by atoms with Gasteiger partial charge in [-0.15, -0.1) is 0 Å². The Morgan fingerprint density at radius 2 is 1.78 bits per heavy atom. The summed E-state index contributed by atoms with van der Waals surface area (Å²) in [6.07, 6.45) is 0. The Bertz CT molecular complexity index is 557. The second-order valence-corrected chi connectivity index (χ2v) is 5.07. The van der Waals surface area contributed by atoms with Crippen molar-refractivity contribution in [1.82, 2.24) is 5.32 Å². The molecule has 94 valence electrons. The van der Waals surface area contributed by atoms with E-state index in [2.05, 4.69) is 27.9 Å². The second-order valence-electron chi connectivity index (χ2n) is 3.91. The van der Waals surface area contributed by atoms with Gasteiger partial charge in [-0.2, -0.15) is 0 Å². The number of benzene rings is 2. The molecule has 0 aromatic heterocycles. The molecule has 0 bridgehead atoms. The van der Waals surface area contributed by atoms with Gasteiger partial charge in [0.1, 0.15) is 11.6 Å². The van der Waals surface area contributed by atoms with Crippen LogP contribution in [0.25, 0.3) is 0 Å². The van der Waals surface area contributed by atoms with Crippen molar-refractivity contribution < 1.29 is 8.78 Å². The Hall–Kier alpha value is -1.01. The van der Waals surface area contributed by atoms with E-state index in [1.54, 1.807) is 31.3 Å². The molecular weight excluding hydrogens is 347 g/mol. The third kappa shape index (κ3) is 2.70. The topological polar surface area (TPSA) is 12.0 Å². The monoisotopic (exact) mass is 359 g/mol. The fourth-order valence-electron chi connectivity index (χ4n) is 1.92. The highest BCUT2D eigenvalue weighted by molar-refractivity contribution is 14.1. The molecule has 4 heteroatoms. The molecule has 1 unspecified atom stereocenters. The first-order valence-corrected chi connectivity index (χ1v) is 6.58. The van der Waals surface area contributed by atoms with Crippen LogP contribution < -0.4 is 5.32 Å². The van der Waals surface area contributed by atoms with Gasteiger partial charge < -0.3 is 5.32 Å². The lowest BCUT2D eigenvalue weighted by atomic mass is 9.98. The van der Waals surface area contributed by atoms with Crippen LogP contribution in [-0.2, 0) is 0 Å². The summed E-state index contributed by atoms with van der Waals surface area (Å²) < 4.78 is 27.7. The Balaban J connectivity index is 2.49. The van der Waals surface area contributed by atoms with Gasteiger partial charge in [0.2, 0.25) is 0 Å². The summed E-state index contributed by atoms with van der Waals surface area (Å²) in [6.45, 7) is 0. The Kier molecular flexibility index (Phi) is 4.29. The molecule has 2 aromatic rings. The summed E-state index contributed by atoms with van der Waals surface area (Å²) in [4.78, 5) is 0. The first-order valence-electron chi connectivity index (χ1n) is 5.50. The van der Waals surface area contributed by atoms with Crippen LogP contribution in [0.1, 0.15) is 17.2 Å². The summed E-state index contributed by atoms with van der Waals surface area (Å²) in [5.41, 5.74) is 1.43. The van der Waals surface area contributed by atoms with Gasteiger partial charge in [0.05, 0.1) is 6.04 Å². The van der Waals surface area contributed by atoms with Gasteiger partial charge in [-0.1, -0.05) is 24.3 Å². The van der Waals surface area contributed by atoms with E-state index >= 15 is 0 Å². The molecule has 1 atom stereocenters. The van der Waals surface area contributed by atoms with Gasteiger partial charge in [-0.25, -0.2) is 8.78 Å². The first kappa shape index (κ1) is 13.4. The Morgan fingerprint density at radius 3 is 2.39 bits per heavy atom. The van der Waals surface area contributed by atoms with Crippen molar-refractivity contribution >= 4 is 22.6 Å². The predicted octanol–water partition coefficient (Wildman–Crippen LogP) is 3.88. The molecule has 1 N–H and O–H groups in total. The molecule has 0 saturated carbocycles. The van der Waals surface area contributed by atoms with Gasteiger partial charge in [-0.3, -0.25) is 0 Å². The smallest absolute Gasteiger partial charge is 0.128 e. The fourth-order valence-corrected chi connectivity index (χ4v) is 2.71. The number of halogens is 3. The average molecular weight is 359 g/mol. The van der Waals surface area contributed by atoms with Crippen molar-refractivity contribution in [2.75, 3.05) is 7.05 Å². The van der Waals surface area contributed by atoms with Gasteiger partial charge in [0, 0.05) is 9.13 Å². The summed E-state index contributed by atoms with van der Waals surface area (Å²) in [5.74, 6) is -0.552. The molecule has 0 aliphatic heterocycles. The summed E-state index contributed by atoms with van der Waals surface area (Å²) in [7, 11) is 1.76. The molecule has 0 spiro atoms. The maximum atomic E-state index is 13.8. The van der Waals surface area contributed by atoms with E-state index in [1.165, 1.54) is 18.2 Å². The zero-order valence-electron chi connectivity index (χ0n) is 9.75. The van der Waals surface area contributed by atoms with Crippen LogP contribution in [0.4, 0.5) is 8.78 Å². The van der Waals surface area contributed by atoms with E-state index in [9.17, 15) is 8.78 Å². The van der Waals surface area contributed by atoms with Crippen LogP contribution in [0.2, 0.25) is 0 Å². The van der Waals surface area contributed by atoms with Gasteiger partial charge >= 0.3 is 0 Å². The van der Waals surface area contributed by atoms with Crippen molar-refractivity contribution in [1.29, 1.82) is 0 Å². The van der Waals surface area contributed by atoms with Crippen molar-refractivity contribution in [2.45, 2.75) is 6.04 Å². The number of hydrogen-bond acceptors (Lipinski definition) is 1. The molecule has 2 aromatic carbocycles. The molecule has 0 heterocycles. The van der Waals surface area contributed by atoms with Crippen LogP contribution in [0, 0.1) is 15.2 Å². The number of rotatable bonds is 3. The molecule has 2 rings (SSSR count). The fraction of sp³-hybridized carbons (Fsp3) is 0.143. The molecule has 0 aliphatic rings. The average Bonchev–Trinajstić information content (AvgIpc) is 2.34. The summed E-state index contributed by atoms with van der Waals surface area (Å²) >= 11 is 2.06. The van der Waals surface area contributed by atoms with Crippen molar-refractivity contribution in [3.63, 3.8) is 0 Å². The van der Waals surface area contributed by atoms with Crippen LogP contribution >= 0.6 is 22.6 Å². The second kappa shape index (κ2) is 5.75. The van der Waals surface area contributed by atoms with Crippen molar-refractivity contribution in [2.24, 2.45) is 0 Å². The molecule has 0 saturated heterocycles. The zero-order valence-corrected chi connectivity index (χ0v) is 11.9. The minimum atomic E-state index is -0.286. The molecule has 18 heavy (non-hydrogen) atoms. The Labute approximate surface area is 118 Å². The van der Waals surface area contributed by atoms with E-state index in [4.69, 9.17) is 0 Å². The van der Waals surface area contributed by atoms with Crippen LogP contribution in [0.15, 0.2) is 42.5 Å². The molecule has 0 radical (unpaired) electrons. The van der Waals surface area contributed by atoms with Crippen LogP contribution in [0.3, 0.4) is 0 Å². The molecule has 1 nitrogen and oxygen atoms in total. The van der Waals surface area contributed by atoms with Crippen LogP contribution in [0.5, 0.6) is 0 Å². The van der Waals surface area contributed by atoms with E-state index in [1.807, 2.05) is 0 Å². The van der Waals surface area contributed by atoms with Gasteiger partial charge in [-0.05, 0) is 53.4 Å². The Morgan fingerprint density at radius 1 is 1.06 bits per heavy atom. The molecule has 0 fully saturated rings. The third-order valence-electron chi connectivity index (χ3n) is 2.78. The van der Waals surface area contributed by atoms with Gasteiger partial charge in [0.15, 0.2) is 0 Å². The first-order chi connectivity index (χ1) is 8.63. The minimum absolute atomic E-state index is 0.267. The van der Waals surface area contributed by atoms with Crippen LogP contribution in [-0.4, -0.2) is 7.05 Å².